The topological polar surface area (TPSA) is 66.8 Å². The van der Waals surface area contributed by atoms with Crippen LogP contribution < -0.4 is 0 Å². The first-order chi connectivity index (χ1) is 15.7. The minimum atomic E-state index is 0.158. The second kappa shape index (κ2) is 8.05. The van der Waals surface area contributed by atoms with Gasteiger partial charge in [-0.1, -0.05) is 13.3 Å². The van der Waals surface area contributed by atoms with E-state index in [0.717, 1.165) is 69.0 Å². The van der Waals surface area contributed by atoms with E-state index < -0.39 is 0 Å². The molecule has 1 N–H and O–H groups in total. The summed E-state index contributed by atoms with van der Waals surface area (Å²) in [6.07, 6.45) is 10.3. The van der Waals surface area contributed by atoms with Gasteiger partial charge in [-0.2, -0.15) is 0 Å². The molecule has 1 aliphatic carbocycles. The lowest BCUT2D eigenvalue weighted by Gasteiger charge is -2.32. The molecule has 6 heteroatoms. The molecule has 32 heavy (non-hydrogen) atoms. The van der Waals surface area contributed by atoms with Crippen LogP contribution in [0, 0.1) is 5.92 Å². The SMILES string of the molecule is CC1CCc2[nH]c3ccc(C(=O)N4CCCC(c5nnc6n5CCCCC6)C4)cc3c2C1. The van der Waals surface area contributed by atoms with Crippen LogP contribution in [0.15, 0.2) is 18.2 Å². The number of rotatable bonds is 2. The number of hydrogen-bond acceptors (Lipinski definition) is 3. The van der Waals surface area contributed by atoms with E-state index in [4.69, 9.17) is 0 Å². The van der Waals surface area contributed by atoms with Crippen molar-refractivity contribution in [2.75, 3.05) is 13.1 Å². The number of likely N-dealkylation sites (tertiary alicyclic amines) is 1. The average Bonchev–Trinajstić information content (AvgIpc) is 3.30. The van der Waals surface area contributed by atoms with Gasteiger partial charge in [0.15, 0.2) is 0 Å². The number of aromatic nitrogens is 4. The fourth-order valence-corrected chi connectivity index (χ4v) is 6.09. The fourth-order valence-electron chi connectivity index (χ4n) is 6.09. The van der Waals surface area contributed by atoms with Gasteiger partial charge in [-0.25, -0.2) is 0 Å². The van der Waals surface area contributed by atoms with Gasteiger partial charge in [-0.3, -0.25) is 4.79 Å². The van der Waals surface area contributed by atoms with E-state index in [2.05, 4.69) is 43.7 Å². The van der Waals surface area contributed by atoms with Crippen molar-refractivity contribution in [1.29, 1.82) is 0 Å². The third-order valence-corrected chi connectivity index (χ3v) is 7.89. The number of nitrogens with zero attached hydrogens (tertiary/aromatic N) is 4. The molecule has 0 saturated carbocycles. The molecule has 6 rings (SSSR count). The lowest BCUT2D eigenvalue weighted by molar-refractivity contribution is 0.0703. The number of hydrogen-bond donors (Lipinski definition) is 1. The van der Waals surface area contributed by atoms with Gasteiger partial charge in [0, 0.05) is 54.1 Å². The lowest BCUT2D eigenvalue weighted by atomic mass is 9.87. The highest BCUT2D eigenvalue weighted by molar-refractivity contribution is 5.99. The Morgan fingerprint density at radius 3 is 2.94 bits per heavy atom. The summed E-state index contributed by atoms with van der Waals surface area (Å²) in [5.41, 5.74) is 4.78. The molecule has 3 aliphatic rings. The third kappa shape index (κ3) is 3.44. The van der Waals surface area contributed by atoms with Crippen LogP contribution in [-0.2, 0) is 25.8 Å². The highest BCUT2D eigenvalue weighted by Gasteiger charge is 2.30. The van der Waals surface area contributed by atoms with E-state index in [1.165, 1.54) is 47.8 Å². The molecule has 168 valence electrons. The number of aryl methyl sites for hydroxylation is 2. The Morgan fingerprint density at radius 1 is 1.06 bits per heavy atom. The number of aromatic amines is 1. The number of piperidine rings is 1. The predicted octanol–water partition coefficient (Wildman–Crippen LogP) is 4.63. The van der Waals surface area contributed by atoms with E-state index in [-0.39, 0.29) is 11.8 Å². The number of fused-ring (bicyclic) bond motifs is 4. The van der Waals surface area contributed by atoms with Gasteiger partial charge < -0.3 is 14.5 Å². The van der Waals surface area contributed by atoms with E-state index in [9.17, 15) is 4.79 Å². The van der Waals surface area contributed by atoms with Crippen LogP contribution in [-0.4, -0.2) is 43.6 Å². The summed E-state index contributed by atoms with van der Waals surface area (Å²) in [4.78, 5) is 19.2. The molecule has 3 aromatic rings. The Morgan fingerprint density at radius 2 is 2.00 bits per heavy atom. The first-order valence-electron chi connectivity index (χ1n) is 12.5. The molecule has 2 unspecified atom stereocenters. The molecule has 0 spiro atoms. The molecule has 1 amide bonds. The molecule has 2 aromatic heterocycles. The zero-order valence-electron chi connectivity index (χ0n) is 19.1. The predicted molar refractivity (Wildman–Crippen MR) is 125 cm³/mol. The molecule has 2 atom stereocenters. The Bertz CT molecular complexity index is 1160. The maximum Gasteiger partial charge on any atom is 0.253 e. The van der Waals surface area contributed by atoms with Crippen LogP contribution in [0.2, 0.25) is 0 Å². The van der Waals surface area contributed by atoms with Crippen LogP contribution in [0.3, 0.4) is 0 Å². The minimum Gasteiger partial charge on any atom is -0.358 e. The first kappa shape index (κ1) is 20.0. The molecule has 1 fully saturated rings. The summed E-state index contributed by atoms with van der Waals surface area (Å²) in [5, 5.41) is 10.3. The van der Waals surface area contributed by atoms with Crippen LogP contribution in [0.4, 0.5) is 0 Å². The Balaban J connectivity index is 1.25. The Hall–Kier alpha value is -2.63. The summed E-state index contributed by atoms with van der Waals surface area (Å²) in [6, 6.07) is 6.24. The van der Waals surface area contributed by atoms with Gasteiger partial charge in [-0.15, -0.1) is 10.2 Å². The monoisotopic (exact) mass is 431 g/mol. The van der Waals surface area contributed by atoms with Crippen molar-refractivity contribution in [3.05, 3.63) is 46.7 Å². The number of benzene rings is 1. The molecule has 1 saturated heterocycles. The molecule has 6 nitrogen and oxygen atoms in total. The Labute approximate surface area is 189 Å². The van der Waals surface area contributed by atoms with Crippen molar-refractivity contribution in [3.63, 3.8) is 0 Å². The summed E-state index contributed by atoms with van der Waals surface area (Å²) in [6.45, 7) is 4.93. The highest BCUT2D eigenvalue weighted by Crippen LogP contribution is 2.33. The van der Waals surface area contributed by atoms with Crippen molar-refractivity contribution in [2.24, 2.45) is 5.92 Å². The van der Waals surface area contributed by atoms with Crippen LogP contribution in [0.25, 0.3) is 10.9 Å². The summed E-state index contributed by atoms with van der Waals surface area (Å²) >= 11 is 0. The van der Waals surface area contributed by atoms with Crippen molar-refractivity contribution in [3.8, 4) is 0 Å². The fraction of sp³-hybridized carbons (Fsp3) is 0.577. The number of amides is 1. The maximum atomic E-state index is 13.5. The van der Waals surface area contributed by atoms with E-state index >= 15 is 0 Å². The maximum absolute atomic E-state index is 13.5. The molecule has 0 bridgehead atoms. The van der Waals surface area contributed by atoms with Crippen LogP contribution in [0.5, 0.6) is 0 Å². The van der Waals surface area contributed by atoms with Crippen molar-refractivity contribution >= 4 is 16.8 Å². The quantitative estimate of drug-likeness (QED) is 0.643. The van der Waals surface area contributed by atoms with Gasteiger partial charge >= 0.3 is 0 Å². The van der Waals surface area contributed by atoms with E-state index in [1.54, 1.807) is 0 Å². The van der Waals surface area contributed by atoms with Crippen molar-refractivity contribution in [1.82, 2.24) is 24.6 Å². The van der Waals surface area contributed by atoms with Gasteiger partial charge in [0.25, 0.3) is 5.91 Å². The third-order valence-electron chi connectivity index (χ3n) is 7.89. The minimum absolute atomic E-state index is 0.158. The van der Waals surface area contributed by atoms with Gasteiger partial charge in [0.1, 0.15) is 11.6 Å². The lowest BCUT2D eigenvalue weighted by Crippen LogP contribution is -2.39. The normalized spacial score (nSPS) is 23.6. The summed E-state index contributed by atoms with van der Waals surface area (Å²) in [5.74, 6) is 3.39. The van der Waals surface area contributed by atoms with Crippen molar-refractivity contribution < 1.29 is 4.79 Å². The Kier molecular flexibility index (Phi) is 5.04. The zero-order valence-corrected chi connectivity index (χ0v) is 19.1. The number of carbonyl (C=O) groups is 1. The molecule has 4 heterocycles. The van der Waals surface area contributed by atoms with Gasteiger partial charge in [-0.05, 0) is 74.6 Å². The van der Waals surface area contributed by atoms with Crippen LogP contribution >= 0.6 is 0 Å². The second-order valence-corrected chi connectivity index (χ2v) is 10.2. The molecule has 1 aromatic carbocycles. The molecular weight excluding hydrogens is 398 g/mol. The van der Waals surface area contributed by atoms with Crippen LogP contribution in [0.1, 0.15) is 84.6 Å². The van der Waals surface area contributed by atoms with Gasteiger partial charge in [0.05, 0.1) is 0 Å². The van der Waals surface area contributed by atoms with Gasteiger partial charge in [0.2, 0.25) is 0 Å². The second-order valence-electron chi connectivity index (χ2n) is 10.2. The summed E-state index contributed by atoms with van der Waals surface area (Å²) in [7, 11) is 0. The van der Waals surface area contributed by atoms with Crippen molar-refractivity contribution in [2.45, 2.75) is 77.2 Å². The number of carbonyl (C=O) groups excluding carboxylic acids is 1. The largest absolute Gasteiger partial charge is 0.358 e. The molecular formula is C26H33N5O. The van der Waals surface area contributed by atoms with E-state index in [1.807, 2.05) is 6.07 Å². The molecule has 0 radical (unpaired) electrons. The summed E-state index contributed by atoms with van der Waals surface area (Å²) < 4.78 is 2.35. The number of H-pyrrole nitrogens is 1. The highest BCUT2D eigenvalue weighted by atomic mass is 16.2. The number of nitrogens with one attached hydrogen (secondary N) is 1. The first-order valence-corrected chi connectivity index (χ1v) is 12.5. The molecule has 2 aliphatic heterocycles. The smallest absolute Gasteiger partial charge is 0.253 e. The average molecular weight is 432 g/mol. The zero-order chi connectivity index (χ0) is 21.7. The standard InChI is InChI=1S/C26H33N5O/c1-17-8-10-22-20(14-17)21-15-18(9-11-23(21)27-22)26(32)30-12-5-6-19(16-30)25-29-28-24-7-3-2-4-13-31(24)25/h9,11,15,17,19,27H,2-8,10,12-14,16H2,1H3. The van der Waals surface area contributed by atoms with E-state index in [0.29, 0.717) is 5.92 Å².